The van der Waals surface area contributed by atoms with Crippen LogP contribution in [0.5, 0.6) is 11.5 Å². The van der Waals surface area contributed by atoms with Crippen molar-refractivity contribution in [2.45, 2.75) is 18.3 Å². The Bertz CT molecular complexity index is 1910. The van der Waals surface area contributed by atoms with Crippen LogP contribution in [0.1, 0.15) is 40.5 Å². The number of nitrogens with zero attached hydrogens (tertiary/aromatic N) is 3. The summed E-state index contributed by atoms with van der Waals surface area (Å²) < 4.78 is 10.9. The summed E-state index contributed by atoms with van der Waals surface area (Å²) in [5, 5.41) is 11.2. The zero-order valence-corrected chi connectivity index (χ0v) is 25.1. The van der Waals surface area contributed by atoms with Crippen molar-refractivity contribution in [3.8, 4) is 11.5 Å². The number of hydrogen-bond acceptors (Lipinski definition) is 8. The molecule has 0 unspecified atom stereocenters. The molecule has 47 heavy (non-hydrogen) atoms. The number of ether oxygens (including phenoxy) is 2. The van der Waals surface area contributed by atoms with E-state index in [1.165, 1.54) is 47.2 Å². The van der Waals surface area contributed by atoms with Crippen molar-refractivity contribution >= 4 is 40.8 Å². The Balaban J connectivity index is 0.999. The van der Waals surface area contributed by atoms with Gasteiger partial charge < -0.3 is 14.4 Å². The quantitative estimate of drug-likeness (QED) is 0.0960. The fourth-order valence-corrected chi connectivity index (χ4v) is 7.90. The van der Waals surface area contributed by atoms with Crippen molar-refractivity contribution in [3.63, 3.8) is 0 Å². The van der Waals surface area contributed by atoms with Gasteiger partial charge in [0.25, 0.3) is 5.69 Å². The highest BCUT2D eigenvalue weighted by atomic mass is 16.6. The number of carbonyl (C=O) groups is 4. The Morgan fingerprint density at radius 2 is 1.36 bits per heavy atom. The molecule has 2 fully saturated rings. The van der Waals surface area contributed by atoms with E-state index in [0.29, 0.717) is 11.4 Å². The molecule has 0 spiro atoms. The van der Waals surface area contributed by atoms with Gasteiger partial charge in [0.05, 0.1) is 47.2 Å². The first-order chi connectivity index (χ1) is 22.8. The fraction of sp³-hybridized carbons (Fsp3) is 0.222. The predicted octanol–water partition coefficient (Wildman–Crippen LogP) is 4.96. The Kier molecular flexibility index (Phi) is 6.47. The minimum atomic E-state index is -0.786. The van der Waals surface area contributed by atoms with E-state index in [-0.39, 0.29) is 59.7 Å². The van der Waals surface area contributed by atoms with Crippen LogP contribution in [0.3, 0.4) is 0 Å². The highest BCUT2D eigenvalue weighted by Crippen LogP contribution is 2.61. The third-order valence-corrected chi connectivity index (χ3v) is 9.89. The van der Waals surface area contributed by atoms with E-state index in [0.717, 1.165) is 22.3 Å². The van der Waals surface area contributed by atoms with Crippen LogP contribution in [0.4, 0.5) is 17.1 Å². The molecular weight excluding hydrogens is 602 g/mol. The zero-order chi connectivity index (χ0) is 32.6. The van der Waals surface area contributed by atoms with E-state index < -0.39 is 28.6 Å². The van der Waals surface area contributed by atoms with Gasteiger partial charge in [-0.05, 0) is 52.6 Å². The number of benzene rings is 4. The van der Waals surface area contributed by atoms with Gasteiger partial charge in [-0.1, -0.05) is 48.5 Å². The smallest absolute Gasteiger partial charge is 0.316 e. The standard InChI is InChI=1S/C36H27N3O8/c1-46-28-17-21(39(44)45)12-15-27(28)37-18-19(16-29(37)40)36(43)47-22-13-10-20(11-14-22)38-34(41)32-30-23-6-2-3-7-24(23)31(33(32)35(38)42)26-9-5-4-8-25(26)30/h2-15,17,19,30-33H,16,18H2,1H3/t19-,30?,31?,32-,33+/m1/s1. The van der Waals surface area contributed by atoms with Crippen molar-refractivity contribution < 1.29 is 33.6 Å². The van der Waals surface area contributed by atoms with E-state index in [4.69, 9.17) is 9.47 Å². The summed E-state index contributed by atoms with van der Waals surface area (Å²) in [6.45, 7) is 0.0105. The molecule has 4 aromatic rings. The second-order valence-electron chi connectivity index (χ2n) is 12.2. The van der Waals surface area contributed by atoms with Gasteiger partial charge in [-0.2, -0.15) is 0 Å². The molecule has 9 rings (SSSR count). The van der Waals surface area contributed by atoms with Crippen molar-refractivity contribution in [1.29, 1.82) is 0 Å². The SMILES string of the molecule is COc1cc([N+](=O)[O-])ccc1N1C[C@H](C(=O)Oc2ccc(N3C(=O)[C@@H]4C5c6ccccc6C(c6ccccc65)[C@@H]4C3=O)cc2)CC1=O. The highest BCUT2D eigenvalue weighted by Gasteiger charge is 2.61. The molecule has 2 bridgehead atoms. The second-order valence-corrected chi connectivity index (χ2v) is 12.2. The molecule has 3 amide bonds. The van der Waals surface area contributed by atoms with Crippen LogP contribution in [0.25, 0.3) is 0 Å². The summed E-state index contributed by atoms with van der Waals surface area (Å²) in [6, 6.07) is 26.3. The molecular formula is C36H27N3O8. The maximum absolute atomic E-state index is 14.0. The number of carbonyl (C=O) groups excluding carboxylic acids is 4. The normalized spacial score (nSPS) is 23.8. The molecule has 11 heteroatoms. The van der Waals surface area contributed by atoms with Crippen LogP contribution < -0.4 is 19.3 Å². The van der Waals surface area contributed by atoms with E-state index in [2.05, 4.69) is 24.3 Å². The van der Waals surface area contributed by atoms with Crippen LogP contribution in [0, 0.1) is 27.9 Å². The lowest BCUT2D eigenvalue weighted by Gasteiger charge is -2.45. The van der Waals surface area contributed by atoms with Gasteiger partial charge in [0.2, 0.25) is 17.7 Å². The Morgan fingerprint density at radius 1 is 0.809 bits per heavy atom. The van der Waals surface area contributed by atoms with Crippen LogP contribution in [-0.4, -0.2) is 42.3 Å². The molecule has 11 nitrogen and oxygen atoms in total. The van der Waals surface area contributed by atoms with Gasteiger partial charge in [-0.15, -0.1) is 0 Å². The molecule has 5 aliphatic rings. The van der Waals surface area contributed by atoms with Gasteiger partial charge in [0.15, 0.2) is 0 Å². The largest absolute Gasteiger partial charge is 0.494 e. The summed E-state index contributed by atoms with van der Waals surface area (Å²) >= 11 is 0. The average molecular weight is 630 g/mol. The molecule has 2 saturated heterocycles. The number of amides is 3. The third kappa shape index (κ3) is 4.26. The van der Waals surface area contributed by atoms with Crippen LogP contribution >= 0.6 is 0 Å². The fourth-order valence-electron chi connectivity index (χ4n) is 7.90. The minimum absolute atomic E-state index is 0.0105. The lowest BCUT2D eigenvalue weighted by Crippen LogP contribution is -2.41. The summed E-state index contributed by atoms with van der Waals surface area (Å²) in [6.07, 6.45) is -0.107. The predicted molar refractivity (Wildman–Crippen MR) is 168 cm³/mol. The van der Waals surface area contributed by atoms with Crippen molar-refractivity contribution in [1.82, 2.24) is 0 Å². The Labute approximate surface area is 268 Å². The lowest BCUT2D eigenvalue weighted by atomic mass is 9.55. The lowest BCUT2D eigenvalue weighted by molar-refractivity contribution is -0.384. The summed E-state index contributed by atoms with van der Waals surface area (Å²) in [5.41, 5.74) is 4.92. The van der Waals surface area contributed by atoms with E-state index in [1.807, 2.05) is 24.3 Å². The van der Waals surface area contributed by atoms with Gasteiger partial charge in [-0.3, -0.25) is 29.3 Å². The van der Waals surface area contributed by atoms with Crippen molar-refractivity contribution in [3.05, 3.63) is 123 Å². The van der Waals surface area contributed by atoms with Crippen molar-refractivity contribution in [2.24, 2.45) is 17.8 Å². The van der Waals surface area contributed by atoms with Crippen LogP contribution in [-0.2, 0) is 19.2 Å². The van der Waals surface area contributed by atoms with Crippen molar-refractivity contribution in [2.75, 3.05) is 23.5 Å². The number of anilines is 2. The number of hydrogen-bond donors (Lipinski definition) is 0. The number of nitro benzene ring substituents is 1. The van der Waals surface area contributed by atoms with E-state index >= 15 is 0 Å². The summed E-state index contributed by atoms with van der Waals surface area (Å²) in [5.74, 6) is -3.33. The Hall–Kier alpha value is -5.84. The van der Waals surface area contributed by atoms with Gasteiger partial charge >= 0.3 is 5.97 Å². The highest BCUT2D eigenvalue weighted by molar-refractivity contribution is 6.23. The first kappa shape index (κ1) is 28.6. The molecule has 4 aromatic carbocycles. The van der Waals surface area contributed by atoms with E-state index in [9.17, 15) is 29.3 Å². The van der Waals surface area contributed by atoms with E-state index in [1.54, 1.807) is 12.1 Å². The molecule has 2 aliphatic heterocycles. The van der Waals surface area contributed by atoms with Crippen LogP contribution in [0.2, 0.25) is 0 Å². The maximum atomic E-state index is 14.0. The zero-order valence-electron chi connectivity index (χ0n) is 25.1. The number of nitro groups is 1. The number of non-ortho nitro benzene ring substituents is 1. The second kappa shape index (κ2) is 10.6. The summed E-state index contributed by atoms with van der Waals surface area (Å²) in [4.78, 5) is 67.2. The molecule has 0 saturated carbocycles. The topological polar surface area (TPSA) is 136 Å². The van der Waals surface area contributed by atoms with Gasteiger partial charge in [-0.25, -0.2) is 4.90 Å². The molecule has 0 aromatic heterocycles. The van der Waals surface area contributed by atoms with Crippen LogP contribution in [0.15, 0.2) is 91.0 Å². The number of imide groups is 1. The number of esters is 1. The maximum Gasteiger partial charge on any atom is 0.316 e. The number of methoxy groups -OCH3 is 1. The minimum Gasteiger partial charge on any atom is -0.494 e. The molecule has 0 N–H and O–H groups in total. The number of rotatable bonds is 6. The summed E-state index contributed by atoms with van der Waals surface area (Å²) in [7, 11) is 1.35. The Morgan fingerprint density at radius 3 is 1.87 bits per heavy atom. The monoisotopic (exact) mass is 629 g/mol. The molecule has 2 heterocycles. The van der Waals surface area contributed by atoms with Gasteiger partial charge in [0.1, 0.15) is 11.5 Å². The molecule has 3 aliphatic carbocycles. The molecule has 0 radical (unpaired) electrons. The average Bonchev–Trinajstić information content (AvgIpc) is 3.61. The first-order valence-electron chi connectivity index (χ1n) is 15.3. The van der Waals surface area contributed by atoms with Gasteiger partial charge in [0, 0.05) is 30.9 Å². The third-order valence-electron chi connectivity index (χ3n) is 9.89. The molecule has 3 atom stereocenters. The first-order valence-corrected chi connectivity index (χ1v) is 15.3. The molecule has 234 valence electrons.